The summed E-state index contributed by atoms with van der Waals surface area (Å²) in [5, 5.41) is 11.9. The molecule has 0 aliphatic rings. The summed E-state index contributed by atoms with van der Waals surface area (Å²) in [5.41, 5.74) is 0.311. The predicted molar refractivity (Wildman–Crippen MR) is 70.9 cm³/mol. The number of hydrogen-bond acceptors (Lipinski definition) is 4. The number of esters is 1. The van der Waals surface area contributed by atoms with Gasteiger partial charge in [-0.05, 0) is 24.6 Å². The average molecular weight is 265 g/mol. The van der Waals surface area contributed by atoms with Crippen LogP contribution in [0, 0.1) is 0 Å². The molecular formula is C14H19NO4. The Bertz CT molecular complexity index is 445. The van der Waals surface area contributed by atoms with Gasteiger partial charge < -0.3 is 15.2 Å². The van der Waals surface area contributed by atoms with Crippen molar-refractivity contribution in [1.82, 2.24) is 5.32 Å². The van der Waals surface area contributed by atoms with E-state index in [1.807, 2.05) is 6.92 Å². The number of ether oxygens (including phenoxy) is 1. The zero-order chi connectivity index (χ0) is 14.3. The van der Waals surface area contributed by atoms with Crippen LogP contribution in [-0.2, 0) is 9.53 Å². The normalized spacial score (nSPS) is 11.7. The first-order chi connectivity index (χ1) is 9.08. The van der Waals surface area contributed by atoms with Crippen molar-refractivity contribution >= 4 is 11.9 Å². The fourth-order valence-electron chi connectivity index (χ4n) is 1.69. The molecular weight excluding hydrogens is 246 g/mol. The SMILES string of the molecule is CCCC[C@@H](NC(=O)c1cccc(O)c1)C(=O)OC. The molecule has 1 atom stereocenters. The summed E-state index contributed by atoms with van der Waals surface area (Å²) in [6.45, 7) is 2.01. The lowest BCUT2D eigenvalue weighted by molar-refractivity contribution is -0.143. The lowest BCUT2D eigenvalue weighted by Crippen LogP contribution is -2.41. The van der Waals surface area contributed by atoms with Gasteiger partial charge in [0.1, 0.15) is 11.8 Å². The van der Waals surface area contributed by atoms with Gasteiger partial charge in [-0.2, -0.15) is 0 Å². The summed E-state index contributed by atoms with van der Waals surface area (Å²) in [5.74, 6) is -0.847. The third-order valence-electron chi connectivity index (χ3n) is 2.75. The molecule has 104 valence electrons. The molecule has 1 rings (SSSR count). The highest BCUT2D eigenvalue weighted by Gasteiger charge is 2.21. The first-order valence-electron chi connectivity index (χ1n) is 6.26. The van der Waals surface area contributed by atoms with Gasteiger partial charge in [0.05, 0.1) is 7.11 Å². The van der Waals surface area contributed by atoms with Gasteiger partial charge in [-0.15, -0.1) is 0 Å². The number of aromatic hydroxyl groups is 1. The first-order valence-corrected chi connectivity index (χ1v) is 6.26. The standard InChI is InChI=1S/C14H19NO4/c1-3-4-8-12(14(18)19-2)15-13(17)10-6-5-7-11(16)9-10/h5-7,9,12,16H,3-4,8H2,1-2H3,(H,15,17)/t12-/m1/s1. The molecule has 0 radical (unpaired) electrons. The second-order valence-corrected chi connectivity index (χ2v) is 4.24. The molecule has 0 saturated carbocycles. The molecule has 0 saturated heterocycles. The van der Waals surface area contributed by atoms with Crippen LogP contribution in [0.15, 0.2) is 24.3 Å². The van der Waals surface area contributed by atoms with Crippen LogP contribution in [0.4, 0.5) is 0 Å². The Morgan fingerprint density at radius 1 is 1.42 bits per heavy atom. The van der Waals surface area contributed by atoms with Gasteiger partial charge in [-0.1, -0.05) is 25.8 Å². The number of rotatable bonds is 6. The number of phenolic OH excluding ortho intramolecular Hbond substituents is 1. The molecule has 1 aromatic rings. The van der Waals surface area contributed by atoms with Crippen molar-refractivity contribution in [3.8, 4) is 5.75 Å². The van der Waals surface area contributed by atoms with Crippen molar-refractivity contribution in [3.05, 3.63) is 29.8 Å². The summed E-state index contributed by atoms with van der Waals surface area (Å²) in [6, 6.07) is 5.32. The predicted octanol–water partition coefficient (Wildman–Crippen LogP) is 1.85. The molecule has 0 heterocycles. The Hall–Kier alpha value is -2.04. The minimum atomic E-state index is -0.653. The summed E-state index contributed by atoms with van der Waals surface area (Å²) in [4.78, 5) is 23.5. The molecule has 0 unspecified atom stereocenters. The largest absolute Gasteiger partial charge is 0.508 e. The molecule has 2 N–H and O–H groups in total. The van der Waals surface area contributed by atoms with Crippen molar-refractivity contribution < 1.29 is 19.4 Å². The Morgan fingerprint density at radius 3 is 2.74 bits per heavy atom. The van der Waals surface area contributed by atoms with E-state index < -0.39 is 17.9 Å². The molecule has 19 heavy (non-hydrogen) atoms. The van der Waals surface area contributed by atoms with Gasteiger partial charge in [-0.25, -0.2) is 4.79 Å². The summed E-state index contributed by atoms with van der Waals surface area (Å²) < 4.78 is 4.67. The second-order valence-electron chi connectivity index (χ2n) is 4.24. The lowest BCUT2D eigenvalue weighted by Gasteiger charge is -2.16. The number of benzene rings is 1. The maximum absolute atomic E-state index is 12.0. The number of carbonyl (C=O) groups excluding carboxylic acids is 2. The van der Waals surface area contributed by atoms with Crippen LogP contribution in [0.2, 0.25) is 0 Å². The molecule has 0 fully saturated rings. The third kappa shape index (κ3) is 4.62. The van der Waals surface area contributed by atoms with Crippen molar-refractivity contribution in [1.29, 1.82) is 0 Å². The maximum Gasteiger partial charge on any atom is 0.328 e. The molecule has 5 heteroatoms. The molecule has 0 aliphatic carbocycles. The zero-order valence-electron chi connectivity index (χ0n) is 11.2. The second kappa shape index (κ2) is 7.41. The van der Waals surface area contributed by atoms with E-state index in [1.165, 1.54) is 19.2 Å². The summed E-state index contributed by atoms with van der Waals surface area (Å²) in [7, 11) is 1.29. The number of methoxy groups -OCH3 is 1. The van der Waals surface area contributed by atoms with Gasteiger partial charge in [0.25, 0.3) is 5.91 Å². The van der Waals surface area contributed by atoms with E-state index in [4.69, 9.17) is 0 Å². The van der Waals surface area contributed by atoms with Crippen molar-refractivity contribution in [3.63, 3.8) is 0 Å². The highest BCUT2D eigenvalue weighted by atomic mass is 16.5. The number of nitrogens with one attached hydrogen (secondary N) is 1. The first kappa shape index (κ1) is 15.0. The highest BCUT2D eigenvalue weighted by Crippen LogP contribution is 2.11. The van der Waals surface area contributed by atoms with Crippen LogP contribution >= 0.6 is 0 Å². The number of phenols is 1. The van der Waals surface area contributed by atoms with Gasteiger partial charge in [-0.3, -0.25) is 4.79 Å². The van der Waals surface area contributed by atoms with E-state index in [1.54, 1.807) is 12.1 Å². The summed E-state index contributed by atoms with van der Waals surface area (Å²) >= 11 is 0. The van der Waals surface area contributed by atoms with Crippen LogP contribution in [0.3, 0.4) is 0 Å². The number of hydrogen-bond donors (Lipinski definition) is 2. The Kier molecular flexibility index (Phi) is 5.85. The molecule has 0 aliphatic heterocycles. The molecule has 0 aromatic heterocycles. The van der Waals surface area contributed by atoms with Gasteiger partial charge >= 0.3 is 5.97 Å². The van der Waals surface area contributed by atoms with Crippen molar-refractivity contribution in [2.45, 2.75) is 32.2 Å². The molecule has 1 aromatic carbocycles. The smallest absolute Gasteiger partial charge is 0.328 e. The fourth-order valence-corrected chi connectivity index (χ4v) is 1.69. The van der Waals surface area contributed by atoms with Crippen molar-refractivity contribution in [2.75, 3.05) is 7.11 Å². The van der Waals surface area contributed by atoms with Gasteiger partial charge in [0.15, 0.2) is 0 Å². The molecule has 5 nitrogen and oxygen atoms in total. The third-order valence-corrected chi connectivity index (χ3v) is 2.75. The Labute approximate surface area is 112 Å². The van der Waals surface area contributed by atoms with Crippen molar-refractivity contribution in [2.24, 2.45) is 0 Å². The summed E-state index contributed by atoms with van der Waals surface area (Å²) in [6.07, 6.45) is 2.28. The van der Waals surface area contributed by atoms with Crippen LogP contribution in [0.5, 0.6) is 5.75 Å². The van der Waals surface area contributed by atoms with Crippen LogP contribution < -0.4 is 5.32 Å². The number of carbonyl (C=O) groups is 2. The maximum atomic E-state index is 12.0. The molecule has 0 spiro atoms. The van der Waals surface area contributed by atoms with Crippen LogP contribution in [0.1, 0.15) is 36.5 Å². The van der Waals surface area contributed by atoms with E-state index in [2.05, 4.69) is 10.1 Å². The van der Waals surface area contributed by atoms with E-state index in [0.29, 0.717) is 12.0 Å². The lowest BCUT2D eigenvalue weighted by atomic mass is 10.1. The fraction of sp³-hybridized carbons (Fsp3) is 0.429. The average Bonchev–Trinajstić information content (AvgIpc) is 2.42. The quantitative estimate of drug-likeness (QED) is 0.770. The van der Waals surface area contributed by atoms with Crippen LogP contribution in [0.25, 0.3) is 0 Å². The zero-order valence-corrected chi connectivity index (χ0v) is 11.2. The monoisotopic (exact) mass is 265 g/mol. The highest BCUT2D eigenvalue weighted by molar-refractivity contribution is 5.97. The van der Waals surface area contributed by atoms with E-state index >= 15 is 0 Å². The molecule has 1 amide bonds. The number of amides is 1. The number of unbranched alkanes of at least 4 members (excludes halogenated alkanes) is 1. The Balaban J connectivity index is 2.72. The topological polar surface area (TPSA) is 75.6 Å². The van der Waals surface area contributed by atoms with E-state index in [9.17, 15) is 14.7 Å². The van der Waals surface area contributed by atoms with Gasteiger partial charge in [0, 0.05) is 5.56 Å². The van der Waals surface area contributed by atoms with E-state index in [0.717, 1.165) is 12.8 Å². The minimum Gasteiger partial charge on any atom is -0.508 e. The van der Waals surface area contributed by atoms with Crippen LogP contribution in [-0.4, -0.2) is 30.1 Å². The molecule has 0 bridgehead atoms. The van der Waals surface area contributed by atoms with E-state index in [-0.39, 0.29) is 5.75 Å². The Morgan fingerprint density at radius 2 is 2.16 bits per heavy atom. The van der Waals surface area contributed by atoms with Gasteiger partial charge in [0.2, 0.25) is 0 Å². The minimum absolute atomic E-state index is 0.0100.